The number of anilines is 1. The van der Waals surface area contributed by atoms with Crippen LogP contribution in [0.3, 0.4) is 0 Å². The van der Waals surface area contributed by atoms with Crippen LogP contribution in [0, 0.1) is 0 Å². The third-order valence-electron chi connectivity index (χ3n) is 3.28. The summed E-state index contributed by atoms with van der Waals surface area (Å²) in [5.41, 5.74) is 0.913. The Morgan fingerprint density at radius 3 is 2.75 bits per heavy atom. The van der Waals surface area contributed by atoms with Crippen molar-refractivity contribution in [3.63, 3.8) is 0 Å². The van der Waals surface area contributed by atoms with Crippen LogP contribution in [0.1, 0.15) is 0 Å². The summed E-state index contributed by atoms with van der Waals surface area (Å²) >= 11 is 3.08. The van der Waals surface area contributed by atoms with E-state index < -0.39 is 0 Å². The number of benzene rings is 2. The van der Waals surface area contributed by atoms with Gasteiger partial charge in [0.1, 0.15) is 0 Å². The number of thiazole rings is 1. The first-order chi connectivity index (χ1) is 11.7. The summed E-state index contributed by atoms with van der Waals surface area (Å²) < 4.78 is 11.8. The van der Waals surface area contributed by atoms with Crippen LogP contribution in [0.15, 0.2) is 47.4 Å². The van der Waals surface area contributed by atoms with Gasteiger partial charge in [0.05, 0.1) is 17.3 Å². The molecule has 0 unspecified atom stereocenters. The van der Waals surface area contributed by atoms with Crippen molar-refractivity contribution in [2.75, 3.05) is 25.3 Å². The zero-order valence-corrected chi connectivity index (χ0v) is 14.9. The first kappa shape index (κ1) is 16.6. The van der Waals surface area contributed by atoms with Gasteiger partial charge in [-0.25, -0.2) is 4.98 Å². The van der Waals surface area contributed by atoms with Crippen LogP contribution in [-0.4, -0.2) is 30.9 Å². The number of rotatable bonds is 6. The number of nitrogens with one attached hydrogen (secondary N) is 1. The largest absolute Gasteiger partial charge is 0.493 e. The molecule has 3 aromatic rings. The Balaban J connectivity index is 1.67. The Labute approximate surface area is 148 Å². The van der Waals surface area contributed by atoms with Crippen LogP contribution in [-0.2, 0) is 4.79 Å². The maximum atomic E-state index is 12.1. The number of aromatic nitrogens is 1. The maximum Gasteiger partial charge on any atom is 0.264 e. The number of carbonyl (C=O) groups is 1. The third-order valence-corrected chi connectivity index (χ3v) is 4.98. The summed E-state index contributed by atoms with van der Waals surface area (Å²) in [6.07, 6.45) is 2.01. The van der Waals surface area contributed by atoms with Crippen LogP contribution in [0.4, 0.5) is 5.13 Å². The lowest BCUT2D eigenvalue weighted by Gasteiger charge is -2.09. The summed E-state index contributed by atoms with van der Waals surface area (Å²) in [6, 6.07) is 13.2. The molecule has 0 saturated heterocycles. The second kappa shape index (κ2) is 7.55. The number of hydrogen-bond acceptors (Lipinski definition) is 6. The Kier molecular flexibility index (Phi) is 5.22. The van der Waals surface area contributed by atoms with Gasteiger partial charge in [0.25, 0.3) is 5.91 Å². The lowest BCUT2D eigenvalue weighted by Crippen LogP contribution is -2.20. The van der Waals surface area contributed by atoms with Gasteiger partial charge in [0, 0.05) is 4.90 Å². The standard InChI is InChI=1S/C17H16N2O3S2/c1-21-11-6-3-4-7-12(11)22-10-15(20)18-17-19-16-13(23-2)8-5-9-14(16)24-17/h3-9H,10H2,1-2H3,(H,18,19,20). The molecule has 124 valence electrons. The predicted molar refractivity (Wildman–Crippen MR) is 98.5 cm³/mol. The van der Waals surface area contributed by atoms with Gasteiger partial charge in [-0.15, -0.1) is 11.8 Å². The fourth-order valence-electron chi connectivity index (χ4n) is 2.18. The zero-order valence-electron chi connectivity index (χ0n) is 13.2. The average Bonchev–Trinajstić information content (AvgIpc) is 3.02. The van der Waals surface area contributed by atoms with Gasteiger partial charge in [0.2, 0.25) is 0 Å². The van der Waals surface area contributed by atoms with E-state index in [9.17, 15) is 4.79 Å². The van der Waals surface area contributed by atoms with E-state index in [2.05, 4.69) is 10.3 Å². The molecule has 2 aromatic carbocycles. The number of carbonyl (C=O) groups excluding carboxylic acids is 1. The number of nitrogens with zero attached hydrogens (tertiary/aromatic N) is 1. The number of thioether (sulfide) groups is 1. The molecule has 1 aromatic heterocycles. The van der Waals surface area contributed by atoms with Gasteiger partial charge in [-0.3, -0.25) is 10.1 Å². The summed E-state index contributed by atoms with van der Waals surface area (Å²) in [4.78, 5) is 17.7. The van der Waals surface area contributed by atoms with E-state index in [0.29, 0.717) is 16.6 Å². The lowest BCUT2D eigenvalue weighted by atomic mass is 10.3. The van der Waals surface area contributed by atoms with E-state index in [1.165, 1.54) is 11.3 Å². The molecule has 0 saturated carbocycles. The number of hydrogen-bond donors (Lipinski definition) is 1. The molecule has 0 bridgehead atoms. The van der Waals surface area contributed by atoms with Crippen molar-refractivity contribution in [1.82, 2.24) is 4.98 Å². The molecule has 0 radical (unpaired) electrons. The van der Waals surface area contributed by atoms with Crippen LogP contribution in [0.5, 0.6) is 11.5 Å². The van der Waals surface area contributed by atoms with Crippen molar-refractivity contribution in [3.05, 3.63) is 42.5 Å². The highest BCUT2D eigenvalue weighted by molar-refractivity contribution is 7.98. The molecule has 0 aliphatic rings. The van der Waals surface area contributed by atoms with Crippen molar-refractivity contribution >= 4 is 44.4 Å². The van der Waals surface area contributed by atoms with Crippen molar-refractivity contribution in [2.24, 2.45) is 0 Å². The minimum Gasteiger partial charge on any atom is -0.493 e. The van der Waals surface area contributed by atoms with E-state index in [-0.39, 0.29) is 12.5 Å². The number of methoxy groups -OCH3 is 1. The Bertz CT molecular complexity index is 864. The van der Waals surface area contributed by atoms with E-state index in [0.717, 1.165) is 15.1 Å². The molecule has 0 aliphatic heterocycles. The normalized spacial score (nSPS) is 10.6. The van der Waals surface area contributed by atoms with Gasteiger partial charge in [-0.2, -0.15) is 0 Å². The van der Waals surface area contributed by atoms with Gasteiger partial charge >= 0.3 is 0 Å². The highest BCUT2D eigenvalue weighted by Crippen LogP contribution is 2.32. The molecule has 3 rings (SSSR count). The summed E-state index contributed by atoms with van der Waals surface area (Å²) in [5, 5.41) is 3.35. The molecule has 0 aliphatic carbocycles. The SMILES string of the molecule is COc1ccccc1OCC(=O)Nc1nc2c(SC)cccc2s1. The molecule has 1 N–H and O–H groups in total. The van der Waals surface area contributed by atoms with Crippen molar-refractivity contribution < 1.29 is 14.3 Å². The fraction of sp³-hybridized carbons (Fsp3) is 0.176. The lowest BCUT2D eigenvalue weighted by molar-refractivity contribution is -0.118. The quantitative estimate of drug-likeness (QED) is 0.672. The van der Waals surface area contributed by atoms with Crippen LogP contribution < -0.4 is 14.8 Å². The molecule has 0 atom stereocenters. The fourth-order valence-corrected chi connectivity index (χ4v) is 3.72. The van der Waals surface area contributed by atoms with E-state index in [1.54, 1.807) is 31.0 Å². The highest BCUT2D eigenvalue weighted by atomic mass is 32.2. The predicted octanol–water partition coefficient (Wildman–Crippen LogP) is 4.04. The van der Waals surface area contributed by atoms with Crippen molar-refractivity contribution in [2.45, 2.75) is 4.90 Å². The smallest absolute Gasteiger partial charge is 0.264 e. The highest BCUT2D eigenvalue weighted by Gasteiger charge is 2.11. The topological polar surface area (TPSA) is 60.5 Å². The van der Waals surface area contributed by atoms with Gasteiger partial charge < -0.3 is 9.47 Å². The molecule has 24 heavy (non-hydrogen) atoms. The molecule has 5 nitrogen and oxygen atoms in total. The van der Waals surface area contributed by atoms with Gasteiger partial charge in [-0.05, 0) is 30.5 Å². The summed E-state index contributed by atoms with van der Waals surface area (Å²) in [7, 11) is 1.56. The third kappa shape index (κ3) is 3.63. The van der Waals surface area contributed by atoms with Crippen LogP contribution in [0.25, 0.3) is 10.2 Å². The average molecular weight is 360 g/mol. The van der Waals surface area contributed by atoms with E-state index in [4.69, 9.17) is 9.47 Å². The summed E-state index contributed by atoms with van der Waals surface area (Å²) in [6.45, 7) is -0.105. The number of amides is 1. The molecule has 0 spiro atoms. The number of para-hydroxylation sites is 3. The van der Waals surface area contributed by atoms with Crippen LogP contribution in [0.2, 0.25) is 0 Å². The minimum atomic E-state index is -0.259. The van der Waals surface area contributed by atoms with E-state index in [1.807, 2.05) is 36.6 Å². The Hall–Kier alpha value is -2.25. The first-order valence-corrected chi connectivity index (χ1v) is 9.24. The van der Waals surface area contributed by atoms with Crippen molar-refractivity contribution in [1.29, 1.82) is 0 Å². The zero-order chi connectivity index (χ0) is 16.9. The monoisotopic (exact) mass is 360 g/mol. The molecule has 0 fully saturated rings. The first-order valence-electron chi connectivity index (χ1n) is 7.20. The Morgan fingerprint density at radius 1 is 1.21 bits per heavy atom. The Morgan fingerprint density at radius 2 is 2.00 bits per heavy atom. The second-order valence-corrected chi connectivity index (χ2v) is 6.69. The molecule has 1 heterocycles. The van der Waals surface area contributed by atoms with E-state index >= 15 is 0 Å². The van der Waals surface area contributed by atoms with Crippen LogP contribution >= 0.6 is 23.1 Å². The number of fused-ring (bicyclic) bond motifs is 1. The molecular weight excluding hydrogens is 344 g/mol. The molecule has 1 amide bonds. The number of ether oxygens (including phenoxy) is 2. The second-order valence-electron chi connectivity index (χ2n) is 4.81. The van der Waals surface area contributed by atoms with Gasteiger partial charge in [-0.1, -0.05) is 29.5 Å². The summed E-state index contributed by atoms with van der Waals surface area (Å²) in [5.74, 6) is 0.865. The minimum absolute atomic E-state index is 0.105. The van der Waals surface area contributed by atoms with Gasteiger partial charge in [0.15, 0.2) is 23.2 Å². The molecule has 7 heteroatoms. The van der Waals surface area contributed by atoms with Crippen molar-refractivity contribution in [3.8, 4) is 11.5 Å². The maximum absolute atomic E-state index is 12.1. The molecular formula is C17H16N2O3S2.